The molecule has 0 aliphatic heterocycles. The van der Waals surface area contributed by atoms with Crippen LogP contribution in [0.4, 0.5) is 0 Å². The number of nitrogens with zero attached hydrogens (tertiary/aromatic N) is 2. The maximum absolute atomic E-state index is 6.23. The fraction of sp³-hybridized carbons (Fsp3) is 0.438. The molecule has 1 heterocycles. The molecule has 2 aromatic rings. The molecule has 0 radical (unpaired) electrons. The lowest BCUT2D eigenvalue weighted by molar-refractivity contribution is 0.578. The first-order chi connectivity index (χ1) is 9.04. The zero-order chi connectivity index (χ0) is 13.8. The van der Waals surface area contributed by atoms with Gasteiger partial charge in [0.25, 0.3) is 0 Å². The summed E-state index contributed by atoms with van der Waals surface area (Å²) in [5, 5.41) is 4.36. The summed E-state index contributed by atoms with van der Waals surface area (Å²) in [6, 6.07) is 11.0. The first kappa shape index (κ1) is 13.8. The van der Waals surface area contributed by atoms with E-state index >= 15 is 0 Å². The zero-order valence-electron chi connectivity index (χ0n) is 12.1. The Morgan fingerprint density at radius 1 is 1.26 bits per heavy atom. The van der Waals surface area contributed by atoms with Crippen molar-refractivity contribution in [3.05, 3.63) is 52.8 Å². The molecular weight excluding hydrogens is 234 g/mol. The molecule has 1 aromatic heterocycles. The lowest BCUT2D eigenvalue weighted by Gasteiger charge is -2.12. The minimum Gasteiger partial charge on any atom is -0.327 e. The van der Waals surface area contributed by atoms with Crippen molar-refractivity contribution in [2.75, 3.05) is 0 Å². The molecule has 2 rings (SSSR count). The van der Waals surface area contributed by atoms with Crippen LogP contribution in [0.15, 0.2) is 30.3 Å². The van der Waals surface area contributed by atoms with Crippen molar-refractivity contribution in [1.29, 1.82) is 0 Å². The second-order valence-corrected chi connectivity index (χ2v) is 5.39. The van der Waals surface area contributed by atoms with E-state index in [0.29, 0.717) is 0 Å². The Hall–Kier alpha value is -1.61. The van der Waals surface area contributed by atoms with Crippen molar-refractivity contribution in [2.45, 2.75) is 39.2 Å². The summed E-state index contributed by atoms with van der Waals surface area (Å²) >= 11 is 0. The fourth-order valence-electron chi connectivity index (χ4n) is 2.45. The number of hydrogen-bond donors (Lipinski definition) is 1. The van der Waals surface area contributed by atoms with Crippen LogP contribution in [0.5, 0.6) is 0 Å². The van der Waals surface area contributed by atoms with Crippen LogP contribution >= 0.6 is 0 Å². The first-order valence-electron chi connectivity index (χ1n) is 6.85. The summed E-state index contributed by atoms with van der Waals surface area (Å²) in [5.41, 5.74) is 11.2. The van der Waals surface area contributed by atoms with Crippen molar-refractivity contribution in [3.63, 3.8) is 0 Å². The fourth-order valence-corrected chi connectivity index (χ4v) is 2.45. The zero-order valence-corrected chi connectivity index (χ0v) is 12.1. The topological polar surface area (TPSA) is 43.8 Å². The predicted octanol–water partition coefficient (Wildman–Crippen LogP) is 2.54. The van der Waals surface area contributed by atoms with E-state index in [4.69, 9.17) is 5.73 Å². The summed E-state index contributed by atoms with van der Waals surface area (Å²) in [6.07, 6.45) is 2.94. The molecule has 1 atom stereocenters. The van der Waals surface area contributed by atoms with Crippen molar-refractivity contribution >= 4 is 0 Å². The number of hydrogen-bond acceptors (Lipinski definition) is 2. The minimum atomic E-state index is 0.190. The molecule has 19 heavy (non-hydrogen) atoms. The van der Waals surface area contributed by atoms with Crippen LogP contribution in [0.3, 0.4) is 0 Å². The van der Waals surface area contributed by atoms with Gasteiger partial charge < -0.3 is 5.73 Å². The van der Waals surface area contributed by atoms with Gasteiger partial charge in [-0.15, -0.1) is 0 Å². The molecule has 3 nitrogen and oxygen atoms in total. The van der Waals surface area contributed by atoms with Gasteiger partial charge in [-0.3, -0.25) is 4.68 Å². The van der Waals surface area contributed by atoms with Crippen LogP contribution in [0.2, 0.25) is 0 Å². The van der Waals surface area contributed by atoms with Crippen LogP contribution in [0.25, 0.3) is 0 Å². The smallest absolute Gasteiger partial charge is 0.0596 e. The number of nitrogens with two attached hydrogens (primary N) is 1. The summed E-state index contributed by atoms with van der Waals surface area (Å²) in [4.78, 5) is 0. The normalized spacial score (nSPS) is 12.6. The third kappa shape index (κ3) is 3.93. The first-order valence-corrected chi connectivity index (χ1v) is 6.85. The molecule has 102 valence electrons. The molecule has 1 aromatic carbocycles. The van der Waals surface area contributed by atoms with Crippen LogP contribution in [-0.2, 0) is 19.9 Å². The van der Waals surface area contributed by atoms with Crippen molar-refractivity contribution in [3.8, 4) is 0 Å². The number of rotatable bonds is 5. The molecule has 3 heteroatoms. The van der Waals surface area contributed by atoms with Gasteiger partial charge in [0.1, 0.15) is 0 Å². The molecule has 1 unspecified atom stereocenters. The van der Waals surface area contributed by atoms with Crippen molar-refractivity contribution in [2.24, 2.45) is 12.8 Å². The number of aromatic nitrogens is 2. The Balaban J connectivity index is 1.88. The molecule has 0 saturated heterocycles. The lowest BCUT2D eigenvalue weighted by Crippen LogP contribution is -2.24. The highest BCUT2D eigenvalue weighted by atomic mass is 15.3. The molecule has 0 spiro atoms. The van der Waals surface area contributed by atoms with Gasteiger partial charge in [-0.25, -0.2) is 0 Å². The Kier molecular flexibility index (Phi) is 4.38. The van der Waals surface area contributed by atoms with Crippen LogP contribution in [0, 0.1) is 13.8 Å². The molecule has 0 fully saturated rings. The SMILES string of the molecule is Cc1cccc(CCC(N)Cc2cc(C)nn2C)c1. The van der Waals surface area contributed by atoms with E-state index < -0.39 is 0 Å². The summed E-state index contributed by atoms with van der Waals surface area (Å²) < 4.78 is 1.93. The minimum absolute atomic E-state index is 0.190. The second kappa shape index (κ2) is 6.02. The van der Waals surface area contributed by atoms with Gasteiger partial charge >= 0.3 is 0 Å². The Bertz CT molecular complexity index is 543. The van der Waals surface area contributed by atoms with Gasteiger partial charge in [-0.05, 0) is 38.3 Å². The van der Waals surface area contributed by atoms with Crippen LogP contribution < -0.4 is 5.73 Å². The van der Waals surface area contributed by atoms with E-state index in [1.807, 2.05) is 18.7 Å². The van der Waals surface area contributed by atoms with Gasteiger partial charge in [-0.2, -0.15) is 5.10 Å². The van der Waals surface area contributed by atoms with E-state index in [2.05, 4.69) is 42.4 Å². The molecule has 0 amide bonds. The molecular formula is C16H23N3. The summed E-state index contributed by atoms with van der Waals surface area (Å²) in [5.74, 6) is 0. The third-order valence-corrected chi connectivity index (χ3v) is 3.46. The molecule has 2 N–H and O–H groups in total. The van der Waals surface area contributed by atoms with E-state index in [1.165, 1.54) is 16.8 Å². The van der Waals surface area contributed by atoms with Crippen LogP contribution in [0.1, 0.15) is 28.9 Å². The summed E-state index contributed by atoms with van der Waals surface area (Å²) in [7, 11) is 1.98. The third-order valence-electron chi connectivity index (χ3n) is 3.46. The number of aryl methyl sites for hydroxylation is 4. The Labute approximate surface area is 115 Å². The standard InChI is InChI=1S/C16H23N3/c1-12-5-4-6-14(9-12)7-8-15(17)11-16-10-13(2)18-19(16)3/h4-6,9-10,15H,7-8,11,17H2,1-3H3. The molecule has 0 aliphatic carbocycles. The maximum Gasteiger partial charge on any atom is 0.0596 e. The Morgan fingerprint density at radius 2 is 2.05 bits per heavy atom. The molecule has 0 bridgehead atoms. The van der Waals surface area contributed by atoms with E-state index in [9.17, 15) is 0 Å². The van der Waals surface area contributed by atoms with Gasteiger partial charge in [0, 0.05) is 25.2 Å². The highest BCUT2D eigenvalue weighted by Crippen LogP contribution is 2.11. The van der Waals surface area contributed by atoms with E-state index in [-0.39, 0.29) is 6.04 Å². The lowest BCUT2D eigenvalue weighted by atomic mass is 10.0. The van der Waals surface area contributed by atoms with E-state index in [1.54, 1.807) is 0 Å². The number of benzene rings is 1. The quantitative estimate of drug-likeness (QED) is 0.894. The van der Waals surface area contributed by atoms with Crippen LogP contribution in [-0.4, -0.2) is 15.8 Å². The second-order valence-electron chi connectivity index (χ2n) is 5.39. The largest absolute Gasteiger partial charge is 0.327 e. The molecule has 0 aliphatic rings. The van der Waals surface area contributed by atoms with Gasteiger partial charge in [-0.1, -0.05) is 29.8 Å². The monoisotopic (exact) mass is 257 g/mol. The maximum atomic E-state index is 6.23. The van der Waals surface area contributed by atoms with Gasteiger partial charge in [0.2, 0.25) is 0 Å². The highest BCUT2D eigenvalue weighted by molar-refractivity contribution is 5.22. The molecule has 0 saturated carbocycles. The predicted molar refractivity (Wildman–Crippen MR) is 79.1 cm³/mol. The average molecular weight is 257 g/mol. The van der Waals surface area contributed by atoms with Gasteiger partial charge in [0.15, 0.2) is 0 Å². The van der Waals surface area contributed by atoms with Crippen molar-refractivity contribution in [1.82, 2.24) is 9.78 Å². The van der Waals surface area contributed by atoms with E-state index in [0.717, 1.165) is 25.0 Å². The average Bonchev–Trinajstić information content (AvgIpc) is 2.65. The van der Waals surface area contributed by atoms with Gasteiger partial charge in [0.05, 0.1) is 5.69 Å². The Morgan fingerprint density at radius 3 is 2.68 bits per heavy atom. The summed E-state index contributed by atoms with van der Waals surface area (Å²) in [6.45, 7) is 4.14. The van der Waals surface area contributed by atoms with Crippen molar-refractivity contribution < 1.29 is 0 Å². The highest BCUT2D eigenvalue weighted by Gasteiger charge is 2.09.